The maximum absolute atomic E-state index is 12.9. The molecule has 1 saturated heterocycles. The molecule has 4 heteroatoms. The fraction of sp³-hybridized carbons (Fsp3) is 0.632. The van der Waals surface area contributed by atoms with Crippen molar-refractivity contribution in [2.75, 3.05) is 13.1 Å². The summed E-state index contributed by atoms with van der Waals surface area (Å²) in [6, 6.07) is 10.6. The van der Waals surface area contributed by atoms with Crippen LogP contribution in [0.2, 0.25) is 0 Å². The van der Waals surface area contributed by atoms with Crippen molar-refractivity contribution in [2.24, 2.45) is 11.3 Å². The zero-order chi connectivity index (χ0) is 15.0. The van der Waals surface area contributed by atoms with Gasteiger partial charge in [-0.2, -0.15) is 0 Å². The Labute approximate surface area is 145 Å². The predicted molar refractivity (Wildman–Crippen MR) is 94.6 cm³/mol. The Hall–Kier alpha value is -1.06. The van der Waals surface area contributed by atoms with E-state index in [-0.39, 0.29) is 23.9 Å². The van der Waals surface area contributed by atoms with Crippen LogP contribution in [0.3, 0.4) is 0 Å². The number of benzene rings is 1. The minimum absolute atomic E-state index is 0. The summed E-state index contributed by atoms with van der Waals surface area (Å²) in [4.78, 5) is 12.9. The van der Waals surface area contributed by atoms with Crippen LogP contribution in [-0.4, -0.2) is 19.0 Å². The molecule has 0 radical (unpaired) electrons. The van der Waals surface area contributed by atoms with Crippen LogP contribution < -0.4 is 10.6 Å². The number of rotatable bonds is 3. The normalized spacial score (nSPS) is 27.2. The van der Waals surface area contributed by atoms with Gasteiger partial charge >= 0.3 is 0 Å². The summed E-state index contributed by atoms with van der Waals surface area (Å²) >= 11 is 0. The summed E-state index contributed by atoms with van der Waals surface area (Å²) in [6.07, 6.45) is 8.05. The maximum Gasteiger partial charge on any atom is 0.224 e. The lowest BCUT2D eigenvalue weighted by Gasteiger charge is -2.32. The van der Waals surface area contributed by atoms with Crippen molar-refractivity contribution in [1.29, 1.82) is 0 Å². The molecular weight excluding hydrogens is 308 g/mol. The SMILES string of the molecule is Cl.O=C(NC1(c2ccccc2)CCCC1)C1CC12CCNCC2. The second-order valence-electron chi connectivity index (χ2n) is 7.51. The first-order valence-electron chi connectivity index (χ1n) is 8.83. The van der Waals surface area contributed by atoms with Gasteiger partial charge < -0.3 is 10.6 Å². The van der Waals surface area contributed by atoms with Gasteiger partial charge in [-0.25, -0.2) is 0 Å². The third kappa shape index (κ3) is 3.01. The molecule has 3 nitrogen and oxygen atoms in total. The number of amides is 1. The molecule has 0 bridgehead atoms. The van der Waals surface area contributed by atoms with Crippen molar-refractivity contribution in [3.63, 3.8) is 0 Å². The van der Waals surface area contributed by atoms with Crippen molar-refractivity contribution in [3.8, 4) is 0 Å². The van der Waals surface area contributed by atoms with Gasteiger partial charge in [-0.05, 0) is 56.2 Å². The van der Waals surface area contributed by atoms with Crippen LogP contribution >= 0.6 is 12.4 Å². The number of halogens is 1. The molecule has 3 aliphatic rings. The van der Waals surface area contributed by atoms with Gasteiger partial charge in [-0.15, -0.1) is 12.4 Å². The lowest BCUT2D eigenvalue weighted by atomic mass is 9.87. The van der Waals surface area contributed by atoms with Gasteiger partial charge in [0.25, 0.3) is 0 Å². The highest BCUT2D eigenvalue weighted by Gasteiger charge is 2.58. The van der Waals surface area contributed by atoms with Crippen LogP contribution in [-0.2, 0) is 10.3 Å². The highest BCUT2D eigenvalue weighted by Crippen LogP contribution is 2.59. The molecule has 2 saturated carbocycles. The quantitative estimate of drug-likeness (QED) is 0.889. The summed E-state index contributed by atoms with van der Waals surface area (Å²) in [7, 11) is 0. The molecule has 2 N–H and O–H groups in total. The molecular formula is C19H27ClN2O. The zero-order valence-corrected chi connectivity index (χ0v) is 14.5. The molecule has 1 heterocycles. The maximum atomic E-state index is 12.9. The number of hydrogen-bond acceptors (Lipinski definition) is 2. The topological polar surface area (TPSA) is 41.1 Å². The summed E-state index contributed by atoms with van der Waals surface area (Å²) < 4.78 is 0. The largest absolute Gasteiger partial charge is 0.346 e. The van der Waals surface area contributed by atoms with E-state index < -0.39 is 0 Å². The molecule has 1 spiro atoms. The van der Waals surface area contributed by atoms with Crippen LogP contribution in [0.1, 0.15) is 50.5 Å². The Morgan fingerprint density at radius 1 is 1.04 bits per heavy atom. The molecule has 1 atom stereocenters. The van der Waals surface area contributed by atoms with E-state index >= 15 is 0 Å². The molecule has 23 heavy (non-hydrogen) atoms. The lowest BCUT2D eigenvalue weighted by Crippen LogP contribution is -2.45. The molecule has 1 aromatic rings. The van der Waals surface area contributed by atoms with Gasteiger partial charge in [0.1, 0.15) is 0 Å². The van der Waals surface area contributed by atoms with E-state index in [4.69, 9.17) is 0 Å². The Morgan fingerprint density at radius 3 is 2.35 bits per heavy atom. The predicted octanol–water partition coefficient (Wildman–Crippen LogP) is 3.38. The Bertz CT molecular complexity index is 548. The van der Waals surface area contributed by atoms with Crippen molar-refractivity contribution >= 4 is 18.3 Å². The summed E-state index contributed by atoms with van der Waals surface area (Å²) in [5.41, 5.74) is 1.52. The number of carbonyl (C=O) groups is 1. The van der Waals surface area contributed by atoms with Crippen LogP contribution in [0.15, 0.2) is 30.3 Å². The molecule has 0 aromatic heterocycles. The van der Waals surface area contributed by atoms with E-state index in [2.05, 4.69) is 41.0 Å². The van der Waals surface area contributed by atoms with Gasteiger partial charge in [0.15, 0.2) is 0 Å². The molecule has 1 aliphatic heterocycles. The van der Waals surface area contributed by atoms with Crippen molar-refractivity contribution in [2.45, 2.75) is 50.5 Å². The van der Waals surface area contributed by atoms with Crippen molar-refractivity contribution < 1.29 is 4.79 Å². The van der Waals surface area contributed by atoms with Crippen LogP contribution in [0, 0.1) is 11.3 Å². The van der Waals surface area contributed by atoms with E-state index in [1.807, 2.05) is 0 Å². The van der Waals surface area contributed by atoms with E-state index in [9.17, 15) is 4.79 Å². The molecule has 1 unspecified atom stereocenters. The third-order valence-electron chi connectivity index (χ3n) is 6.25. The molecule has 3 fully saturated rings. The fourth-order valence-corrected chi connectivity index (χ4v) is 4.74. The first kappa shape index (κ1) is 16.8. The van der Waals surface area contributed by atoms with Gasteiger partial charge in [-0.3, -0.25) is 4.79 Å². The van der Waals surface area contributed by atoms with Crippen LogP contribution in [0.4, 0.5) is 0 Å². The van der Waals surface area contributed by atoms with Crippen molar-refractivity contribution in [1.82, 2.24) is 10.6 Å². The molecule has 1 amide bonds. The zero-order valence-electron chi connectivity index (χ0n) is 13.6. The standard InChI is InChI=1S/C19H26N2O.ClH/c22-17(16-14-18(16)10-12-20-13-11-18)21-19(8-4-5-9-19)15-6-2-1-3-7-15;/h1-3,6-7,16,20H,4-5,8-14H2,(H,21,22);1H. The molecule has 1 aromatic carbocycles. The van der Waals surface area contributed by atoms with Crippen LogP contribution in [0.5, 0.6) is 0 Å². The summed E-state index contributed by atoms with van der Waals surface area (Å²) in [5.74, 6) is 0.573. The molecule has 2 aliphatic carbocycles. The summed E-state index contributed by atoms with van der Waals surface area (Å²) in [5, 5.41) is 6.90. The first-order valence-corrected chi connectivity index (χ1v) is 8.83. The molecule has 4 rings (SSSR count). The van der Waals surface area contributed by atoms with Gasteiger partial charge in [-0.1, -0.05) is 43.2 Å². The number of hydrogen-bond donors (Lipinski definition) is 2. The Kier molecular flexibility index (Phi) is 4.70. The van der Waals surface area contributed by atoms with Crippen LogP contribution in [0.25, 0.3) is 0 Å². The smallest absolute Gasteiger partial charge is 0.224 e. The minimum atomic E-state index is -0.102. The Balaban J connectivity index is 0.00000156. The Morgan fingerprint density at radius 2 is 1.70 bits per heavy atom. The lowest BCUT2D eigenvalue weighted by molar-refractivity contribution is -0.125. The van der Waals surface area contributed by atoms with Crippen molar-refractivity contribution in [3.05, 3.63) is 35.9 Å². The second kappa shape index (κ2) is 6.45. The van der Waals surface area contributed by atoms with E-state index in [0.717, 1.165) is 32.4 Å². The van der Waals surface area contributed by atoms with Gasteiger partial charge in [0, 0.05) is 5.92 Å². The fourth-order valence-electron chi connectivity index (χ4n) is 4.74. The van der Waals surface area contributed by atoms with E-state index in [0.29, 0.717) is 11.3 Å². The number of piperidine rings is 1. The highest BCUT2D eigenvalue weighted by atomic mass is 35.5. The van der Waals surface area contributed by atoms with E-state index in [1.54, 1.807) is 0 Å². The average molecular weight is 335 g/mol. The van der Waals surface area contributed by atoms with E-state index in [1.165, 1.54) is 31.2 Å². The summed E-state index contributed by atoms with van der Waals surface area (Å²) in [6.45, 7) is 2.15. The third-order valence-corrected chi connectivity index (χ3v) is 6.25. The number of nitrogens with one attached hydrogen (secondary N) is 2. The van der Waals surface area contributed by atoms with Gasteiger partial charge in [0.2, 0.25) is 5.91 Å². The minimum Gasteiger partial charge on any atom is -0.346 e. The molecule has 126 valence electrons. The second-order valence-corrected chi connectivity index (χ2v) is 7.51. The van der Waals surface area contributed by atoms with Gasteiger partial charge in [0.05, 0.1) is 5.54 Å². The highest BCUT2D eigenvalue weighted by molar-refractivity contribution is 5.85. The first-order chi connectivity index (χ1) is 10.7. The average Bonchev–Trinajstić information content (AvgIpc) is 3.04. The monoisotopic (exact) mass is 334 g/mol. The number of carbonyl (C=O) groups excluding carboxylic acids is 1.